The van der Waals surface area contributed by atoms with Crippen molar-refractivity contribution in [1.29, 1.82) is 0 Å². The Morgan fingerprint density at radius 2 is 1.47 bits per heavy atom. The van der Waals surface area contributed by atoms with E-state index in [9.17, 15) is 14.4 Å². The molecule has 49 heavy (non-hydrogen) atoms. The molecule has 3 amide bonds. The largest absolute Gasteiger partial charge is 0.494 e. The highest BCUT2D eigenvalue weighted by Gasteiger charge is 2.26. The van der Waals surface area contributed by atoms with Gasteiger partial charge in [0.25, 0.3) is 5.91 Å². The molecule has 0 radical (unpaired) electrons. The van der Waals surface area contributed by atoms with Gasteiger partial charge in [0.15, 0.2) is 6.17 Å². The molecule has 0 aliphatic rings. The lowest BCUT2D eigenvalue weighted by Gasteiger charge is -2.27. The molecule has 0 saturated heterocycles. The van der Waals surface area contributed by atoms with Crippen molar-refractivity contribution in [3.05, 3.63) is 90.6 Å². The van der Waals surface area contributed by atoms with E-state index < -0.39 is 12.1 Å². The quantitative estimate of drug-likeness (QED) is 0.0508. The number of carbonyl (C=O) groups excluding carboxylic acids is 3. The van der Waals surface area contributed by atoms with E-state index in [-0.39, 0.29) is 11.8 Å². The molecular formula is C40H55N5O4. The standard InChI is InChI=1S/C40H55N5O4/c1-3-5-6-7-8-9-10-11-12-17-31-42-37(46)23-19-32-49-35-27-25-34(26-28-35)43-39(40(48)45(4-2)36-22-16-18-30-41-36)44-38(47)29-24-33-20-14-13-15-21-33/h13-16,18,20-22,24-30,39,43H,3-12,17,19,23,31-32H2,1-2H3,(H,42,46)(H,44,47). The van der Waals surface area contributed by atoms with Gasteiger partial charge in [-0.3, -0.25) is 19.3 Å². The first-order valence-corrected chi connectivity index (χ1v) is 18.0. The third-order valence-corrected chi connectivity index (χ3v) is 8.10. The summed E-state index contributed by atoms with van der Waals surface area (Å²) in [7, 11) is 0. The number of carbonyl (C=O) groups is 3. The monoisotopic (exact) mass is 669 g/mol. The maximum atomic E-state index is 13.7. The van der Waals surface area contributed by atoms with Crippen LogP contribution in [0.3, 0.4) is 0 Å². The smallest absolute Gasteiger partial charge is 0.271 e. The highest BCUT2D eigenvalue weighted by atomic mass is 16.5. The zero-order valence-corrected chi connectivity index (χ0v) is 29.4. The van der Waals surface area contributed by atoms with Gasteiger partial charge in [-0.25, -0.2) is 4.98 Å². The van der Waals surface area contributed by atoms with Crippen LogP contribution in [0.5, 0.6) is 5.75 Å². The number of rotatable bonds is 24. The molecule has 0 bridgehead atoms. The number of nitrogens with one attached hydrogen (secondary N) is 3. The summed E-state index contributed by atoms with van der Waals surface area (Å²) in [5.41, 5.74) is 1.50. The van der Waals surface area contributed by atoms with Gasteiger partial charge in [0.2, 0.25) is 11.8 Å². The van der Waals surface area contributed by atoms with E-state index in [1.165, 1.54) is 62.3 Å². The highest BCUT2D eigenvalue weighted by molar-refractivity contribution is 6.02. The fraction of sp³-hybridized carbons (Fsp3) is 0.450. The Hall–Kier alpha value is -4.66. The van der Waals surface area contributed by atoms with Crippen LogP contribution in [0.1, 0.15) is 96.5 Å². The zero-order chi connectivity index (χ0) is 34.9. The number of amides is 3. The van der Waals surface area contributed by atoms with Gasteiger partial charge < -0.3 is 20.7 Å². The number of nitrogens with zero attached hydrogens (tertiary/aromatic N) is 2. The van der Waals surface area contributed by atoms with E-state index >= 15 is 0 Å². The third-order valence-electron chi connectivity index (χ3n) is 8.10. The number of hydrogen-bond donors (Lipinski definition) is 3. The lowest BCUT2D eigenvalue weighted by Crippen LogP contribution is -2.52. The highest BCUT2D eigenvalue weighted by Crippen LogP contribution is 2.18. The summed E-state index contributed by atoms with van der Waals surface area (Å²) in [5.74, 6) is 0.431. The number of unbranched alkanes of at least 4 members (excludes halogenated alkanes) is 9. The number of benzene rings is 2. The van der Waals surface area contributed by atoms with Gasteiger partial charge in [-0.1, -0.05) is 101 Å². The Balaban J connectivity index is 1.42. The molecule has 1 heterocycles. The molecule has 0 fully saturated rings. The van der Waals surface area contributed by atoms with Crippen molar-refractivity contribution in [3.8, 4) is 5.75 Å². The zero-order valence-electron chi connectivity index (χ0n) is 29.4. The van der Waals surface area contributed by atoms with Crippen LogP contribution in [0.4, 0.5) is 11.5 Å². The summed E-state index contributed by atoms with van der Waals surface area (Å²) in [6, 6.07) is 22.0. The Morgan fingerprint density at radius 1 is 0.796 bits per heavy atom. The number of hydrogen-bond acceptors (Lipinski definition) is 6. The van der Waals surface area contributed by atoms with Crippen LogP contribution < -0.4 is 25.6 Å². The molecule has 3 N–H and O–H groups in total. The molecule has 3 rings (SSSR count). The molecule has 9 nitrogen and oxygen atoms in total. The Kier molecular flexibility index (Phi) is 18.7. The maximum absolute atomic E-state index is 13.7. The Bertz CT molecular complexity index is 1380. The molecule has 2 aromatic carbocycles. The average molecular weight is 670 g/mol. The van der Waals surface area contributed by atoms with Crippen molar-refractivity contribution >= 4 is 35.3 Å². The predicted octanol–water partition coefficient (Wildman–Crippen LogP) is 7.90. The van der Waals surface area contributed by atoms with Gasteiger partial charge >= 0.3 is 0 Å². The fourth-order valence-electron chi connectivity index (χ4n) is 5.35. The molecule has 0 saturated carbocycles. The first-order chi connectivity index (χ1) is 24.0. The van der Waals surface area contributed by atoms with Gasteiger partial charge in [0, 0.05) is 37.5 Å². The van der Waals surface area contributed by atoms with Gasteiger partial charge in [-0.15, -0.1) is 0 Å². The number of anilines is 2. The third kappa shape index (κ3) is 15.9. The number of ether oxygens (including phenoxy) is 1. The van der Waals surface area contributed by atoms with Gasteiger partial charge in [-0.05, 0) is 67.8 Å². The minimum atomic E-state index is -1.06. The minimum Gasteiger partial charge on any atom is -0.494 e. The van der Waals surface area contributed by atoms with Crippen molar-refractivity contribution in [3.63, 3.8) is 0 Å². The predicted molar refractivity (Wildman–Crippen MR) is 199 cm³/mol. The van der Waals surface area contributed by atoms with Crippen LogP contribution >= 0.6 is 0 Å². The minimum absolute atomic E-state index is 0.0577. The van der Waals surface area contributed by atoms with Crippen LogP contribution in [0.25, 0.3) is 6.08 Å². The molecule has 9 heteroatoms. The number of pyridine rings is 1. The van der Waals surface area contributed by atoms with E-state index in [1.807, 2.05) is 43.3 Å². The lowest BCUT2D eigenvalue weighted by molar-refractivity contribution is -0.124. The molecule has 1 atom stereocenters. The Morgan fingerprint density at radius 3 is 2.12 bits per heavy atom. The van der Waals surface area contributed by atoms with Crippen molar-refractivity contribution < 1.29 is 19.1 Å². The molecule has 1 unspecified atom stereocenters. The van der Waals surface area contributed by atoms with E-state index in [2.05, 4.69) is 27.9 Å². The van der Waals surface area contributed by atoms with Crippen LogP contribution in [0, 0.1) is 0 Å². The van der Waals surface area contributed by atoms with E-state index in [0.717, 1.165) is 24.9 Å². The van der Waals surface area contributed by atoms with E-state index in [4.69, 9.17) is 4.74 Å². The molecule has 1 aromatic heterocycles. The average Bonchev–Trinajstić information content (AvgIpc) is 3.13. The second-order valence-electron chi connectivity index (χ2n) is 12.1. The van der Waals surface area contributed by atoms with Crippen molar-refractivity contribution in [2.45, 2.75) is 97.1 Å². The number of aromatic nitrogens is 1. The summed E-state index contributed by atoms with van der Waals surface area (Å²) in [5, 5.41) is 8.98. The molecule has 0 spiro atoms. The normalized spacial score (nSPS) is 11.6. The van der Waals surface area contributed by atoms with Gasteiger partial charge in [0.1, 0.15) is 11.6 Å². The first kappa shape index (κ1) is 38.8. The van der Waals surface area contributed by atoms with Crippen molar-refractivity contribution in [1.82, 2.24) is 15.6 Å². The Labute approximate surface area is 292 Å². The van der Waals surface area contributed by atoms with Crippen LogP contribution in [-0.4, -0.2) is 48.6 Å². The first-order valence-electron chi connectivity index (χ1n) is 18.0. The summed E-state index contributed by atoms with van der Waals surface area (Å²) in [4.78, 5) is 44.7. The second-order valence-corrected chi connectivity index (χ2v) is 12.1. The molecule has 3 aromatic rings. The fourth-order valence-corrected chi connectivity index (χ4v) is 5.35. The summed E-state index contributed by atoms with van der Waals surface area (Å²) in [6.07, 6.45) is 17.5. The molecule has 264 valence electrons. The lowest BCUT2D eigenvalue weighted by atomic mass is 10.1. The summed E-state index contributed by atoms with van der Waals surface area (Å²) in [6.45, 7) is 5.62. The number of likely N-dealkylation sites (N-methyl/N-ethyl adjacent to an activating group) is 1. The van der Waals surface area contributed by atoms with Gasteiger partial charge in [0.05, 0.1) is 6.61 Å². The van der Waals surface area contributed by atoms with Crippen LogP contribution in [0.15, 0.2) is 85.1 Å². The summed E-state index contributed by atoms with van der Waals surface area (Å²) >= 11 is 0. The van der Waals surface area contributed by atoms with Gasteiger partial charge in [-0.2, -0.15) is 0 Å². The topological polar surface area (TPSA) is 113 Å². The van der Waals surface area contributed by atoms with E-state index in [0.29, 0.717) is 43.2 Å². The second kappa shape index (κ2) is 23.6. The SMILES string of the molecule is CCCCCCCCCCCCNC(=O)CCCOc1ccc(NC(NC(=O)C=Cc2ccccc2)C(=O)N(CC)c2ccccn2)cc1. The van der Waals surface area contributed by atoms with Crippen LogP contribution in [-0.2, 0) is 14.4 Å². The van der Waals surface area contributed by atoms with E-state index in [1.54, 1.807) is 48.7 Å². The molecule has 0 aliphatic carbocycles. The van der Waals surface area contributed by atoms with Crippen LogP contribution in [0.2, 0.25) is 0 Å². The van der Waals surface area contributed by atoms with Crippen molar-refractivity contribution in [2.24, 2.45) is 0 Å². The maximum Gasteiger partial charge on any atom is 0.271 e. The molecule has 0 aliphatic heterocycles. The molecular weight excluding hydrogens is 614 g/mol. The summed E-state index contributed by atoms with van der Waals surface area (Å²) < 4.78 is 5.86. The van der Waals surface area contributed by atoms with Crippen molar-refractivity contribution in [2.75, 3.05) is 29.9 Å².